The van der Waals surface area contributed by atoms with Crippen LogP contribution in [-0.2, 0) is 0 Å². The summed E-state index contributed by atoms with van der Waals surface area (Å²) in [6.45, 7) is 4.01. The molecule has 0 radical (unpaired) electrons. The smallest absolute Gasteiger partial charge is 0.259 e. The molecule has 2 saturated carbocycles. The van der Waals surface area contributed by atoms with E-state index in [2.05, 4.69) is 22.4 Å². The van der Waals surface area contributed by atoms with Crippen molar-refractivity contribution in [1.29, 1.82) is 0 Å². The molecule has 0 aliphatic heterocycles. The van der Waals surface area contributed by atoms with Crippen LogP contribution in [0, 0.1) is 24.7 Å². The van der Waals surface area contributed by atoms with Gasteiger partial charge in [0.2, 0.25) is 0 Å². The van der Waals surface area contributed by atoms with Gasteiger partial charge in [0.1, 0.15) is 11.4 Å². The molecule has 1 N–H and O–H groups in total. The molecule has 3 aromatic rings. The van der Waals surface area contributed by atoms with E-state index in [1.54, 1.807) is 7.11 Å². The first-order valence-electron chi connectivity index (χ1n) is 10.8. The maximum Gasteiger partial charge on any atom is 0.259 e. The number of pyridine rings is 1. The average Bonchev–Trinajstić information content (AvgIpc) is 3.48. The fraction of sp³-hybridized carbons (Fsp3) is 0.458. The highest BCUT2D eigenvalue weighted by atomic mass is 16.5. The predicted molar refractivity (Wildman–Crippen MR) is 114 cm³/mol. The number of benzene rings is 1. The molecule has 2 bridgehead atoms. The number of methoxy groups -OCH3 is 1. The van der Waals surface area contributed by atoms with Crippen molar-refractivity contribution in [2.75, 3.05) is 7.11 Å². The van der Waals surface area contributed by atoms with Gasteiger partial charge in [0.15, 0.2) is 0 Å². The Morgan fingerprint density at radius 1 is 1.27 bits per heavy atom. The molecule has 30 heavy (non-hydrogen) atoms. The summed E-state index contributed by atoms with van der Waals surface area (Å²) in [6, 6.07) is 9.56. The first-order valence-corrected chi connectivity index (χ1v) is 10.8. The van der Waals surface area contributed by atoms with E-state index in [9.17, 15) is 4.79 Å². The molecule has 156 valence electrons. The lowest BCUT2D eigenvalue weighted by atomic mass is 9.84. The monoisotopic (exact) mass is 405 g/mol. The Kier molecular flexibility index (Phi) is 4.72. The van der Waals surface area contributed by atoms with Crippen molar-refractivity contribution in [3.05, 3.63) is 41.6 Å². The van der Waals surface area contributed by atoms with Gasteiger partial charge >= 0.3 is 0 Å². The van der Waals surface area contributed by atoms with Crippen LogP contribution in [0.25, 0.3) is 22.4 Å². The molecule has 2 aromatic heterocycles. The first-order chi connectivity index (χ1) is 14.5. The normalized spacial score (nSPS) is 23.6. The van der Waals surface area contributed by atoms with Gasteiger partial charge in [0.05, 0.1) is 18.1 Å². The zero-order valence-electron chi connectivity index (χ0n) is 17.6. The zero-order chi connectivity index (χ0) is 20.8. The molecule has 5 rings (SSSR count). The number of hydrogen-bond donors (Lipinski definition) is 1. The number of hydrogen-bond acceptors (Lipinski definition) is 5. The van der Waals surface area contributed by atoms with E-state index in [4.69, 9.17) is 9.26 Å². The Labute approximate surface area is 176 Å². The molecule has 2 aliphatic rings. The SMILES string of the molecule is COc1cccc(-c2noc3nc(C)cc(C(=O)N[C@H](C)[C@H]4C[C@@H]5CC[C@@H]4C5)c23)c1. The van der Waals surface area contributed by atoms with Crippen LogP contribution in [0.1, 0.15) is 48.7 Å². The number of amides is 1. The predicted octanol–water partition coefficient (Wildman–Crippen LogP) is 4.76. The third kappa shape index (κ3) is 3.24. The summed E-state index contributed by atoms with van der Waals surface area (Å²) in [5.41, 5.74) is 3.11. The van der Waals surface area contributed by atoms with Crippen LogP contribution in [0.5, 0.6) is 5.75 Å². The summed E-state index contributed by atoms with van der Waals surface area (Å²) in [5.74, 6) is 2.82. The van der Waals surface area contributed by atoms with Crippen molar-refractivity contribution in [1.82, 2.24) is 15.5 Å². The minimum absolute atomic E-state index is 0.0897. The zero-order valence-corrected chi connectivity index (χ0v) is 17.6. The maximum atomic E-state index is 13.4. The van der Waals surface area contributed by atoms with Crippen LogP contribution >= 0.6 is 0 Å². The number of aromatic nitrogens is 2. The van der Waals surface area contributed by atoms with E-state index in [-0.39, 0.29) is 11.9 Å². The standard InChI is InChI=1S/C24H27N3O3/c1-13-9-20(23(28)26-14(2)19-11-15-7-8-16(19)10-15)21-22(27-30-24(21)25-13)17-5-4-6-18(12-17)29-3/h4-6,9,12,14-16,19H,7-8,10-11H2,1-3H3,(H,26,28)/t14-,15-,16-,19-/m1/s1. The van der Waals surface area contributed by atoms with Gasteiger partial charge in [-0.2, -0.15) is 0 Å². The summed E-state index contributed by atoms with van der Waals surface area (Å²) in [4.78, 5) is 17.8. The van der Waals surface area contributed by atoms with Gasteiger partial charge in [-0.15, -0.1) is 0 Å². The first kappa shape index (κ1) is 19.1. The largest absolute Gasteiger partial charge is 0.497 e. The summed E-state index contributed by atoms with van der Waals surface area (Å²) in [7, 11) is 1.63. The highest BCUT2D eigenvalue weighted by Crippen LogP contribution is 2.49. The van der Waals surface area contributed by atoms with Crippen LogP contribution in [-0.4, -0.2) is 29.2 Å². The number of aryl methyl sites for hydroxylation is 1. The lowest BCUT2D eigenvalue weighted by molar-refractivity contribution is 0.0917. The van der Waals surface area contributed by atoms with E-state index in [0.29, 0.717) is 28.3 Å². The van der Waals surface area contributed by atoms with Gasteiger partial charge in [-0.05, 0) is 69.1 Å². The van der Waals surface area contributed by atoms with Crippen molar-refractivity contribution >= 4 is 17.0 Å². The molecule has 6 heteroatoms. The summed E-state index contributed by atoms with van der Waals surface area (Å²) >= 11 is 0. The second kappa shape index (κ2) is 7.42. The molecule has 1 aromatic carbocycles. The number of nitrogens with one attached hydrogen (secondary N) is 1. The highest BCUT2D eigenvalue weighted by Gasteiger charge is 2.42. The molecular formula is C24H27N3O3. The van der Waals surface area contributed by atoms with Crippen LogP contribution in [0.2, 0.25) is 0 Å². The van der Waals surface area contributed by atoms with Crippen LogP contribution in [0.15, 0.2) is 34.9 Å². The number of carbonyl (C=O) groups excluding carboxylic acids is 1. The lowest BCUT2D eigenvalue weighted by Crippen LogP contribution is -2.40. The second-order valence-electron chi connectivity index (χ2n) is 8.86. The van der Waals surface area contributed by atoms with Crippen LogP contribution in [0.3, 0.4) is 0 Å². The van der Waals surface area contributed by atoms with Gasteiger partial charge in [0, 0.05) is 17.3 Å². The molecule has 6 nitrogen and oxygen atoms in total. The van der Waals surface area contributed by atoms with Gasteiger partial charge in [-0.3, -0.25) is 4.79 Å². The van der Waals surface area contributed by atoms with Crippen LogP contribution in [0.4, 0.5) is 0 Å². The number of carbonyl (C=O) groups is 1. The van der Waals surface area contributed by atoms with Crippen molar-refractivity contribution in [2.45, 2.75) is 45.6 Å². The fourth-order valence-corrected chi connectivity index (χ4v) is 5.52. The minimum atomic E-state index is -0.0897. The second-order valence-corrected chi connectivity index (χ2v) is 8.86. The molecule has 0 saturated heterocycles. The number of rotatable bonds is 5. The maximum absolute atomic E-state index is 13.4. The van der Waals surface area contributed by atoms with Gasteiger partial charge in [0.25, 0.3) is 11.6 Å². The number of ether oxygens (including phenoxy) is 1. The third-order valence-corrected chi connectivity index (χ3v) is 6.96. The topological polar surface area (TPSA) is 77.2 Å². The number of fused-ring (bicyclic) bond motifs is 3. The van der Waals surface area contributed by atoms with Crippen LogP contribution < -0.4 is 10.1 Å². The summed E-state index contributed by atoms with van der Waals surface area (Å²) in [6.07, 6.45) is 5.23. The van der Waals surface area contributed by atoms with Crippen molar-refractivity contribution in [3.63, 3.8) is 0 Å². The molecule has 1 amide bonds. The number of nitrogens with zero attached hydrogens (tertiary/aromatic N) is 2. The Balaban J connectivity index is 1.50. The highest BCUT2D eigenvalue weighted by molar-refractivity contribution is 6.09. The van der Waals surface area contributed by atoms with E-state index in [1.807, 2.05) is 37.3 Å². The van der Waals surface area contributed by atoms with E-state index < -0.39 is 0 Å². The quantitative estimate of drug-likeness (QED) is 0.662. The minimum Gasteiger partial charge on any atom is -0.497 e. The molecule has 0 unspecified atom stereocenters. The Bertz CT molecular complexity index is 1110. The summed E-state index contributed by atoms with van der Waals surface area (Å²) < 4.78 is 10.9. The molecule has 2 aliphatic carbocycles. The van der Waals surface area contributed by atoms with Gasteiger partial charge in [-0.1, -0.05) is 23.7 Å². The Morgan fingerprint density at radius 2 is 2.13 bits per heavy atom. The molecule has 2 fully saturated rings. The van der Waals surface area contributed by atoms with E-state index >= 15 is 0 Å². The molecule has 4 atom stereocenters. The fourth-order valence-electron chi connectivity index (χ4n) is 5.52. The van der Waals surface area contributed by atoms with Crippen molar-refractivity contribution < 1.29 is 14.1 Å². The van der Waals surface area contributed by atoms with Gasteiger partial charge in [-0.25, -0.2) is 4.98 Å². The molecular weight excluding hydrogens is 378 g/mol. The molecule has 0 spiro atoms. The Morgan fingerprint density at radius 3 is 2.87 bits per heavy atom. The van der Waals surface area contributed by atoms with E-state index in [1.165, 1.54) is 25.7 Å². The molecule has 2 heterocycles. The van der Waals surface area contributed by atoms with Crippen molar-refractivity contribution in [2.24, 2.45) is 17.8 Å². The summed E-state index contributed by atoms with van der Waals surface area (Å²) in [5, 5.41) is 8.16. The van der Waals surface area contributed by atoms with Crippen molar-refractivity contribution in [3.8, 4) is 17.0 Å². The third-order valence-electron chi connectivity index (χ3n) is 6.96. The van der Waals surface area contributed by atoms with Gasteiger partial charge < -0.3 is 14.6 Å². The van der Waals surface area contributed by atoms with E-state index in [0.717, 1.165) is 28.8 Å². The average molecular weight is 405 g/mol. The lowest BCUT2D eigenvalue weighted by Gasteiger charge is -2.28. The Hall–Kier alpha value is -2.89.